The van der Waals surface area contributed by atoms with Crippen LogP contribution >= 0.6 is 0 Å². The third kappa shape index (κ3) is 4.14. The molecule has 3 aromatic rings. The maximum absolute atomic E-state index is 10.7. The molecular formula is C23H28N2O3. The topological polar surface area (TPSA) is 56.5 Å². The van der Waals surface area contributed by atoms with Crippen LogP contribution in [-0.2, 0) is 6.54 Å². The van der Waals surface area contributed by atoms with E-state index in [2.05, 4.69) is 16.7 Å². The van der Waals surface area contributed by atoms with Gasteiger partial charge in [-0.1, -0.05) is 31.4 Å². The van der Waals surface area contributed by atoms with Crippen LogP contribution in [0.25, 0.3) is 11.0 Å². The second-order valence-electron chi connectivity index (χ2n) is 7.54. The van der Waals surface area contributed by atoms with Crippen molar-refractivity contribution in [1.29, 1.82) is 0 Å². The zero-order chi connectivity index (χ0) is 19.3. The van der Waals surface area contributed by atoms with Crippen molar-refractivity contribution in [2.24, 2.45) is 0 Å². The van der Waals surface area contributed by atoms with E-state index in [0.29, 0.717) is 12.5 Å². The first kappa shape index (κ1) is 18.8. The molecule has 0 bridgehead atoms. The maximum atomic E-state index is 10.7. The van der Waals surface area contributed by atoms with Crippen molar-refractivity contribution in [3.8, 4) is 11.5 Å². The summed E-state index contributed by atoms with van der Waals surface area (Å²) in [6, 6.07) is 15.6. The van der Waals surface area contributed by atoms with E-state index in [1.807, 2.05) is 36.4 Å². The van der Waals surface area contributed by atoms with E-state index in [0.717, 1.165) is 28.4 Å². The van der Waals surface area contributed by atoms with E-state index >= 15 is 0 Å². The van der Waals surface area contributed by atoms with Gasteiger partial charge >= 0.3 is 0 Å². The average Bonchev–Trinajstić information content (AvgIpc) is 3.12. The summed E-state index contributed by atoms with van der Waals surface area (Å²) in [4.78, 5) is 4.92. The lowest BCUT2D eigenvalue weighted by atomic mass is 9.88. The van der Waals surface area contributed by atoms with E-state index in [4.69, 9.17) is 14.5 Å². The second-order valence-corrected chi connectivity index (χ2v) is 7.54. The Kier molecular flexibility index (Phi) is 5.81. The number of imidazole rings is 1. The first-order chi connectivity index (χ1) is 13.7. The van der Waals surface area contributed by atoms with Gasteiger partial charge in [-0.05, 0) is 49.2 Å². The summed E-state index contributed by atoms with van der Waals surface area (Å²) in [6.07, 6.45) is 5.59. The Balaban J connectivity index is 1.49. The Morgan fingerprint density at radius 1 is 1.04 bits per heavy atom. The number of aliphatic hydroxyl groups is 1. The molecule has 1 aliphatic carbocycles. The molecule has 28 heavy (non-hydrogen) atoms. The number of methoxy groups -OCH3 is 1. The number of fused-ring (bicyclic) bond motifs is 1. The van der Waals surface area contributed by atoms with Crippen molar-refractivity contribution in [3.05, 3.63) is 54.4 Å². The van der Waals surface area contributed by atoms with Gasteiger partial charge in [0, 0.05) is 5.92 Å². The summed E-state index contributed by atoms with van der Waals surface area (Å²) in [5.41, 5.74) is 2.10. The molecule has 1 heterocycles. The summed E-state index contributed by atoms with van der Waals surface area (Å²) in [7, 11) is 1.64. The van der Waals surface area contributed by atoms with E-state index < -0.39 is 6.10 Å². The largest absolute Gasteiger partial charge is 0.497 e. The molecule has 1 N–H and O–H groups in total. The number of hydrogen-bond donors (Lipinski definition) is 1. The number of nitrogens with zero attached hydrogens (tertiary/aromatic N) is 2. The molecule has 1 aliphatic rings. The molecule has 5 nitrogen and oxygen atoms in total. The van der Waals surface area contributed by atoms with E-state index in [1.165, 1.54) is 32.1 Å². The van der Waals surface area contributed by atoms with Gasteiger partial charge in [0.05, 0.1) is 24.7 Å². The summed E-state index contributed by atoms with van der Waals surface area (Å²) in [5, 5.41) is 10.7. The van der Waals surface area contributed by atoms with Gasteiger partial charge in [0.25, 0.3) is 0 Å². The van der Waals surface area contributed by atoms with Crippen LogP contribution in [0.1, 0.15) is 43.8 Å². The van der Waals surface area contributed by atoms with Crippen molar-refractivity contribution < 1.29 is 14.6 Å². The molecule has 1 aromatic heterocycles. The van der Waals surface area contributed by atoms with Gasteiger partial charge in [-0.25, -0.2) is 4.98 Å². The smallest absolute Gasteiger partial charge is 0.119 e. The predicted molar refractivity (Wildman–Crippen MR) is 110 cm³/mol. The lowest BCUT2D eigenvalue weighted by Gasteiger charge is -2.23. The van der Waals surface area contributed by atoms with Crippen LogP contribution in [0.2, 0.25) is 0 Å². The third-order valence-electron chi connectivity index (χ3n) is 5.55. The van der Waals surface area contributed by atoms with Crippen molar-refractivity contribution in [2.45, 2.75) is 50.7 Å². The van der Waals surface area contributed by atoms with Gasteiger partial charge in [0.2, 0.25) is 0 Å². The average molecular weight is 380 g/mol. The van der Waals surface area contributed by atoms with Gasteiger partial charge in [0.1, 0.15) is 30.0 Å². The molecule has 1 saturated carbocycles. The first-order valence-corrected chi connectivity index (χ1v) is 10.1. The summed E-state index contributed by atoms with van der Waals surface area (Å²) < 4.78 is 13.1. The van der Waals surface area contributed by atoms with E-state index in [1.54, 1.807) is 7.11 Å². The highest BCUT2D eigenvalue weighted by Gasteiger charge is 2.23. The van der Waals surface area contributed by atoms with Crippen molar-refractivity contribution >= 4 is 11.0 Å². The molecule has 0 aliphatic heterocycles. The van der Waals surface area contributed by atoms with Crippen LogP contribution in [0.5, 0.6) is 11.5 Å². The van der Waals surface area contributed by atoms with Gasteiger partial charge in [-0.15, -0.1) is 0 Å². The molecule has 1 atom stereocenters. The molecule has 0 amide bonds. The van der Waals surface area contributed by atoms with Crippen molar-refractivity contribution in [2.75, 3.05) is 13.7 Å². The molecule has 0 radical (unpaired) electrons. The predicted octanol–water partition coefficient (Wildman–Crippen LogP) is 4.53. The minimum absolute atomic E-state index is 0.239. The second kappa shape index (κ2) is 8.65. The van der Waals surface area contributed by atoms with Crippen LogP contribution in [0.3, 0.4) is 0 Å². The van der Waals surface area contributed by atoms with Crippen molar-refractivity contribution in [1.82, 2.24) is 9.55 Å². The molecule has 148 valence electrons. The highest BCUT2D eigenvalue weighted by atomic mass is 16.5. The normalized spacial score (nSPS) is 16.2. The van der Waals surface area contributed by atoms with Gasteiger partial charge in [-0.3, -0.25) is 0 Å². The number of ether oxygens (including phenoxy) is 2. The zero-order valence-corrected chi connectivity index (χ0v) is 16.4. The number of hydrogen-bond acceptors (Lipinski definition) is 4. The molecule has 2 aromatic carbocycles. The van der Waals surface area contributed by atoms with Gasteiger partial charge in [-0.2, -0.15) is 0 Å². The van der Waals surface area contributed by atoms with Crippen LogP contribution in [0, 0.1) is 0 Å². The van der Waals surface area contributed by atoms with E-state index in [9.17, 15) is 5.11 Å². The van der Waals surface area contributed by atoms with E-state index in [-0.39, 0.29) is 6.61 Å². The molecule has 5 heteroatoms. The fraction of sp³-hybridized carbons (Fsp3) is 0.435. The van der Waals surface area contributed by atoms with Crippen LogP contribution in [0.4, 0.5) is 0 Å². The molecule has 1 fully saturated rings. The zero-order valence-electron chi connectivity index (χ0n) is 16.4. The van der Waals surface area contributed by atoms with Crippen LogP contribution in [0.15, 0.2) is 48.5 Å². The minimum Gasteiger partial charge on any atom is -0.497 e. The molecular weight excluding hydrogens is 352 g/mol. The lowest BCUT2D eigenvalue weighted by molar-refractivity contribution is 0.0922. The molecule has 0 spiro atoms. The highest BCUT2D eigenvalue weighted by Crippen LogP contribution is 2.34. The fourth-order valence-corrected chi connectivity index (χ4v) is 4.09. The molecule has 0 saturated heterocycles. The number of rotatable bonds is 7. The molecule has 0 unspecified atom stereocenters. The quantitative estimate of drug-likeness (QED) is 0.654. The SMILES string of the molecule is COc1ccc(OC[C@H](O)Cn2c(C3CCCCC3)nc3ccccc32)cc1. The van der Waals surface area contributed by atoms with Crippen LogP contribution < -0.4 is 9.47 Å². The Morgan fingerprint density at radius 2 is 1.75 bits per heavy atom. The van der Waals surface area contributed by atoms with Gasteiger partial charge < -0.3 is 19.1 Å². The minimum atomic E-state index is -0.609. The maximum Gasteiger partial charge on any atom is 0.119 e. The summed E-state index contributed by atoms with van der Waals surface area (Å²) in [6.45, 7) is 0.728. The monoisotopic (exact) mass is 380 g/mol. The van der Waals surface area contributed by atoms with Gasteiger partial charge in [0.15, 0.2) is 0 Å². The number of aliphatic hydroxyl groups excluding tert-OH is 1. The summed E-state index contributed by atoms with van der Waals surface area (Å²) >= 11 is 0. The summed E-state index contributed by atoms with van der Waals surface area (Å²) in [5.74, 6) is 3.11. The Hall–Kier alpha value is -2.53. The lowest BCUT2D eigenvalue weighted by Crippen LogP contribution is -2.25. The number of benzene rings is 2. The molecule has 4 rings (SSSR count). The third-order valence-corrected chi connectivity index (χ3v) is 5.55. The Labute approximate surface area is 165 Å². The van der Waals surface area contributed by atoms with Crippen molar-refractivity contribution in [3.63, 3.8) is 0 Å². The number of para-hydroxylation sites is 2. The Morgan fingerprint density at radius 3 is 2.50 bits per heavy atom. The standard InChI is InChI=1S/C23H28N2O3/c1-27-19-11-13-20(14-12-19)28-16-18(26)15-25-22-10-6-5-9-21(22)24-23(25)17-7-3-2-4-8-17/h5-6,9-14,17-18,26H,2-4,7-8,15-16H2,1H3/t18-/m1/s1. The fourth-order valence-electron chi connectivity index (χ4n) is 4.09. The Bertz CT molecular complexity index is 898. The highest BCUT2D eigenvalue weighted by molar-refractivity contribution is 5.76. The first-order valence-electron chi connectivity index (χ1n) is 10.1. The number of aromatic nitrogens is 2. The van der Waals surface area contributed by atoms with Crippen LogP contribution in [-0.4, -0.2) is 34.5 Å².